The zero-order chi connectivity index (χ0) is 18.7. The average molecular weight is 372 g/mol. The minimum Gasteiger partial charge on any atom is -0.465 e. The smallest absolute Gasteiger partial charge is 0.341 e. The molecule has 0 saturated heterocycles. The van der Waals surface area contributed by atoms with E-state index in [4.69, 9.17) is 9.15 Å². The first kappa shape index (κ1) is 18.1. The van der Waals surface area contributed by atoms with Gasteiger partial charge in [0.05, 0.1) is 28.9 Å². The van der Waals surface area contributed by atoms with Crippen molar-refractivity contribution in [1.29, 1.82) is 0 Å². The first-order chi connectivity index (χ1) is 12.5. The van der Waals surface area contributed by atoms with Crippen molar-refractivity contribution in [3.63, 3.8) is 0 Å². The number of hydrogen-bond acceptors (Lipinski definition) is 6. The third-order valence-electron chi connectivity index (χ3n) is 4.08. The van der Waals surface area contributed by atoms with Crippen LogP contribution in [0.4, 0.5) is 0 Å². The maximum atomic E-state index is 12.4. The van der Waals surface area contributed by atoms with Crippen molar-refractivity contribution in [2.45, 2.75) is 26.3 Å². The quantitative estimate of drug-likeness (QED) is 0.619. The number of carbonyl (C=O) groups is 2. The van der Waals surface area contributed by atoms with Crippen LogP contribution in [0.2, 0.25) is 0 Å². The Balaban J connectivity index is 1.58. The number of fused-ring (bicyclic) bond motifs is 1. The standard InChI is InChI=1S/C19H20N2O4S/c1-12-14(19(23)24-3)10-13(25-12)11-21(2)18(22)9-8-17-20-15-6-4-5-7-16(15)26-17/h4-7,10H,8-9,11H2,1-3H3. The second-order valence-electron chi connectivity index (χ2n) is 6.00. The highest BCUT2D eigenvalue weighted by Crippen LogP contribution is 2.23. The molecule has 0 spiro atoms. The molecule has 0 aliphatic carbocycles. The van der Waals surface area contributed by atoms with E-state index in [1.165, 1.54) is 7.11 Å². The number of hydrogen-bond donors (Lipinski definition) is 0. The Morgan fingerprint density at radius 1 is 1.31 bits per heavy atom. The van der Waals surface area contributed by atoms with Gasteiger partial charge >= 0.3 is 5.97 Å². The van der Waals surface area contributed by atoms with Crippen LogP contribution >= 0.6 is 11.3 Å². The number of furan rings is 1. The molecule has 2 aromatic heterocycles. The lowest BCUT2D eigenvalue weighted by molar-refractivity contribution is -0.130. The SMILES string of the molecule is COC(=O)c1cc(CN(C)C(=O)CCc2nc3ccccc3s2)oc1C. The maximum absolute atomic E-state index is 12.4. The van der Waals surface area contributed by atoms with E-state index in [0.29, 0.717) is 36.5 Å². The zero-order valence-corrected chi connectivity index (χ0v) is 15.8. The van der Waals surface area contributed by atoms with Crippen molar-refractivity contribution in [3.8, 4) is 0 Å². The lowest BCUT2D eigenvalue weighted by Crippen LogP contribution is -2.26. The van der Waals surface area contributed by atoms with E-state index in [1.54, 1.807) is 36.3 Å². The Bertz CT molecular complexity index is 911. The van der Waals surface area contributed by atoms with Crippen LogP contribution < -0.4 is 0 Å². The molecule has 136 valence electrons. The highest BCUT2D eigenvalue weighted by atomic mass is 32.1. The summed E-state index contributed by atoms with van der Waals surface area (Å²) in [4.78, 5) is 30.2. The molecular formula is C19H20N2O4S. The summed E-state index contributed by atoms with van der Waals surface area (Å²) in [5.41, 5.74) is 1.35. The maximum Gasteiger partial charge on any atom is 0.341 e. The molecule has 6 nitrogen and oxygen atoms in total. The third kappa shape index (κ3) is 3.94. The number of benzene rings is 1. The molecule has 0 saturated carbocycles. The van der Waals surface area contributed by atoms with Crippen LogP contribution in [-0.4, -0.2) is 35.9 Å². The summed E-state index contributed by atoms with van der Waals surface area (Å²) in [7, 11) is 3.04. The van der Waals surface area contributed by atoms with Crippen molar-refractivity contribution in [2.24, 2.45) is 0 Å². The van der Waals surface area contributed by atoms with Gasteiger partial charge in [-0.1, -0.05) is 12.1 Å². The fraction of sp³-hybridized carbons (Fsp3) is 0.316. The van der Waals surface area contributed by atoms with Crippen LogP contribution in [-0.2, 0) is 22.5 Å². The predicted molar refractivity (Wildman–Crippen MR) is 99.2 cm³/mol. The van der Waals surface area contributed by atoms with Crippen molar-refractivity contribution in [3.05, 3.63) is 52.4 Å². The van der Waals surface area contributed by atoms with E-state index in [-0.39, 0.29) is 5.91 Å². The van der Waals surface area contributed by atoms with Gasteiger partial charge in [0.25, 0.3) is 0 Å². The van der Waals surface area contributed by atoms with Gasteiger partial charge in [0, 0.05) is 19.9 Å². The van der Waals surface area contributed by atoms with Gasteiger partial charge in [0.15, 0.2) is 0 Å². The monoisotopic (exact) mass is 372 g/mol. The largest absolute Gasteiger partial charge is 0.465 e. The highest BCUT2D eigenvalue weighted by molar-refractivity contribution is 7.18. The molecule has 7 heteroatoms. The van der Waals surface area contributed by atoms with Crippen molar-refractivity contribution in [2.75, 3.05) is 14.2 Å². The van der Waals surface area contributed by atoms with Gasteiger partial charge < -0.3 is 14.1 Å². The molecule has 0 aliphatic rings. The van der Waals surface area contributed by atoms with E-state index in [9.17, 15) is 9.59 Å². The first-order valence-electron chi connectivity index (χ1n) is 8.24. The average Bonchev–Trinajstić information content (AvgIpc) is 3.21. The number of nitrogens with zero attached hydrogens (tertiary/aromatic N) is 2. The fourth-order valence-corrected chi connectivity index (χ4v) is 3.65. The molecule has 3 rings (SSSR count). The Hall–Kier alpha value is -2.67. The molecule has 3 aromatic rings. The molecule has 1 amide bonds. The first-order valence-corrected chi connectivity index (χ1v) is 9.05. The van der Waals surface area contributed by atoms with E-state index in [1.807, 2.05) is 24.3 Å². The Morgan fingerprint density at radius 3 is 2.81 bits per heavy atom. The Labute approximate surface area is 155 Å². The minimum atomic E-state index is -0.442. The summed E-state index contributed by atoms with van der Waals surface area (Å²) < 4.78 is 11.4. The molecule has 0 radical (unpaired) electrons. The predicted octanol–water partition coefficient (Wildman–Crippen LogP) is 3.58. The summed E-state index contributed by atoms with van der Waals surface area (Å²) >= 11 is 1.61. The van der Waals surface area contributed by atoms with Gasteiger partial charge in [-0.05, 0) is 25.1 Å². The van der Waals surface area contributed by atoms with E-state index in [0.717, 1.165) is 15.2 Å². The highest BCUT2D eigenvalue weighted by Gasteiger charge is 2.18. The molecule has 0 unspecified atom stereocenters. The Kier molecular flexibility index (Phi) is 5.37. The summed E-state index contributed by atoms with van der Waals surface area (Å²) in [6, 6.07) is 9.57. The van der Waals surface area contributed by atoms with Crippen LogP contribution in [0.25, 0.3) is 10.2 Å². The number of para-hydroxylation sites is 1. The van der Waals surface area contributed by atoms with Gasteiger partial charge in [0.2, 0.25) is 5.91 Å². The van der Waals surface area contributed by atoms with Gasteiger partial charge in [-0.3, -0.25) is 4.79 Å². The van der Waals surface area contributed by atoms with Crippen LogP contribution in [0, 0.1) is 6.92 Å². The molecular weight excluding hydrogens is 352 g/mol. The van der Waals surface area contributed by atoms with Gasteiger partial charge in [-0.15, -0.1) is 11.3 Å². The van der Waals surface area contributed by atoms with Gasteiger partial charge in [-0.25, -0.2) is 9.78 Å². The normalized spacial score (nSPS) is 10.9. The molecule has 0 aliphatic heterocycles. The van der Waals surface area contributed by atoms with E-state index in [2.05, 4.69) is 4.98 Å². The van der Waals surface area contributed by atoms with Crippen LogP contribution in [0.15, 0.2) is 34.7 Å². The van der Waals surface area contributed by atoms with Crippen molar-refractivity contribution < 1.29 is 18.7 Å². The zero-order valence-electron chi connectivity index (χ0n) is 14.9. The van der Waals surface area contributed by atoms with Crippen molar-refractivity contribution in [1.82, 2.24) is 9.88 Å². The molecule has 0 N–H and O–H groups in total. The van der Waals surface area contributed by atoms with Crippen molar-refractivity contribution >= 4 is 33.4 Å². The molecule has 2 heterocycles. The van der Waals surface area contributed by atoms with Crippen LogP contribution in [0.3, 0.4) is 0 Å². The number of amides is 1. The fourth-order valence-electron chi connectivity index (χ4n) is 2.69. The second-order valence-corrected chi connectivity index (χ2v) is 7.11. The minimum absolute atomic E-state index is 0.00192. The van der Waals surface area contributed by atoms with Gasteiger partial charge in [0.1, 0.15) is 17.1 Å². The number of thiazole rings is 1. The van der Waals surface area contributed by atoms with Crippen LogP contribution in [0.1, 0.15) is 33.3 Å². The summed E-state index contributed by atoms with van der Waals surface area (Å²) in [6.07, 6.45) is 0.979. The Morgan fingerprint density at radius 2 is 2.08 bits per heavy atom. The lowest BCUT2D eigenvalue weighted by Gasteiger charge is -2.15. The van der Waals surface area contributed by atoms with E-state index >= 15 is 0 Å². The number of ether oxygens (including phenoxy) is 1. The molecule has 0 bridgehead atoms. The second kappa shape index (κ2) is 7.70. The van der Waals surface area contributed by atoms with Gasteiger partial charge in [-0.2, -0.15) is 0 Å². The number of esters is 1. The van der Waals surface area contributed by atoms with E-state index < -0.39 is 5.97 Å². The summed E-state index contributed by atoms with van der Waals surface area (Å²) in [5, 5.41) is 0.953. The lowest BCUT2D eigenvalue weighted by atomic mass is 10.2. The number of aryl methyl sites for hydroxylation is 2. The molecule has 26 heavy (non-hydrogen) atoms. The number of carbonyl (C=O) groups excluding carboxylic acids is 2. The molecule has 0 fully saturated rings. The summed E-state index contributed by atoms with van der Waals surface area (Å²) in [6.45, 7) is 2.00. The molecule has 1 aromatic carbocycles. The third-order valence-corrected chi connectivity index (χ3v) is 5.18. The summed E-state index contributed by atoms with van der Waals surface area (Å²) in [5.74, 6) is 0.598. The number of methoxy groups -OCH3 is 1. The van der Waals surface area contributed by atoms with Crippen LogP contribution in [0.5, 0.6) is 0 Å². The number of aromatic nitrogens is 1. The number of rotatable bonds is 6. The topological polar surface area (TPSA) is 72.6 Å². The molecule has 0 atom stereocenters.